The van der Waals surface area contributed by atoms with E-state index in [1.807, 2.05) is 23.2 Å². The van der Waals surface area contributed by atoms with E-state index in [0.717, 1.165) is 41.1 Å². The summed E-state index contributed by atoms with van der Waals surface area (Å²) < 4.78 is 27.4. The van der Waals surface area contributed by atoms with Gasteiger partial charge in [-0.15, -0.1) is 0 Å². The first-order valence-corrected chi connectivity index (χ1v) is 11.9. The van der Waals surface area contributed by atoms with Gasteiger partial charge in [0.2, 0.25) is 11.7 Å². The molecular formula is C28H27FN4O3. The highest BCUT2D eigenvalue weighted by Crippen LogP contribution is 2.35. The van der Waals surface area contributed by atoms with Crippen molar-refractivity contribution in [3.8, 4) is 28.5 Å². The zero-order valence-electron chi connectivity index (χ0n) is 20.3. The van der Waals surface area contributed by atoms with Crippen LogP contribution in [-0.4, -0.2) is 45.4 Å². The predicted molar refractivity (Wildman–Crippen MR) is 135 cm³/mol. The van der Waals surface area contributed by atoms with Crippen molar-refractivity contribution in [3.63, 3.8) is 0 Å². The van der Waals surface area contributed by atoms with Gasteiger partial charge in [0, 0.05) is 37.0 Å². The van der Waals surface area contributed by atoms with Crippen LogP contribution in [0.3, 0.4) is 0 Å². The fraction of sp³-hybridized carbons (Fsp3) is 0.250. The largest absolute Gasteiger partial charge is 0.494 e. The standard InChI is InChI=1S/C28H27FN4O3/c1-4-21-27-26(18-9-11-20(12-10-18)36-23-8-6-7-22(35-3)25(23)29)31-28(33(27)16-14-30-21)19-13-15-32(17-19)24(34)5-2/h5-12,14,16,19H,2,4,13,15,17H2,1,3H3/t19-/m1/s1. The summed E-state index contributed by atoms with van der Waals surface area (Å²) >= 11 is 0. The summed E-state index contributed by atoms with van der Waals surface area (Å²) in [6, 6.07) is 12.2. The highest BCUT2D eigenvalue weighted by molar-refractivity contribution is 5.87. The van der Waals surface area contributed by atoms with Crippen molar-refractivity contribution in [1.82, 2.24) is 19.3 Å². The Morgan fingerprint density at radius 2 is 2.00 bits per heavy atom. The summed E-state index contributed by atoms with van der Waals surface area (Å²) in [7, 11) is 1.42. The van der Waals surface area contributed by atoms with Crippen LogP contribution < -0.4 is 9.47 Å². The fourth-order valence-electron chi connectivity index (χ4n) is 4.71. The number of nitrogens with zero attached hydrogens (tertiary/aromatic N) is 4. The Morgan fingerprint density at radius 3 is 2.72 bits per heavy atom. The van der Waals surface area contributed by atoms with Gasteiger partial charge in [0.15, 0.2) is 11.5 Å². The smallest absolute Gasteiger partial charge is 0.245 e. The van der Waals surface area contributed by atoms with E-state index in [4.69, 9.17) is 14.5 Å². The number of ether oxygens (including phenoxy) is 2. The van der Waals surface area contributed by atoms with Crippen LogP contribution >= 0.6 is 0 Å². The predicted octanol–water partition coefficient (Wildman–Crippen LogP) is 5.40. The highest BCUT2D eigenvalue weighted by Gasteiger charge is 2.30. The number of hydrogen-bond acceptors (Lipinski definition) is 5. The van der Waals surface area contributed by atoms with Crippen LogP contribution in [0.1, 0.15) is 30.8 Å². The zero-order chi connectivity index (χ0) is 25.2. The van der Waals surface area contributed by atoms with E-state index in [1.54, 1.807) is 36.5 Å². The average molecular weight is 487 g/mol. The number of aromatic nitrogens is 3. The van der Waals surface area contributed by atoms with E-state index in [0.29, 0.717) is 18.8 Å². The molecule has 8 heteroatoms. The van der Waals surface area contributed by atoms with Crippen molar-refractivity contribution >= 4 is 11.4 Å². The Hall–Kier alpha value is -4.20. The van der Waals surface area contributed by atoms with Crippen LogP contribution in [0.5, 0.6) is 17.2 Å². The maximum atomic E-state index is 14.5. The third-order valence-electron chi connectivity index (χ3n) is 6.54. The number of aryl methyl sites for hydroxylation is 1. The van der Waals surface area contributed by atoms with Crippen molar-refractivity contribution < 1.29 is 18.7 Å². The summed E-state index contributed by atoms with van der Waals surface area (Å²) in [5, 5.41) is 0. The molecule has 0 unspecified atom stereocenters. The van der Waals surface area contributed by atoms with Gasteiger partial charge in [0.05, 0.1) is 24.0 Å². The molecule has 5 rings (SSSR count). The van der Waals surface area contributed by atoms with Gasteiger partial charge in [-0.05, 0) is 55.3 Å². The van der Waals surface area contributed by atoms with Gasteiger partial charge in [-0.25, -0.2) is 4.98 Å². The molecule has 1 saturated heterocycles. The highest BCUT2D eigenvalue weighted by atomic mass is 19.1. The van der Waals surface area contributed by atoms with Gasteiger partial charge in [-0.1, -0.05) is 19.6 Å². The Bertz CT molecular complexity index is 1430. The van der Waals surface area contributed by atoms with Crippen LogP contribution in [-0.2, 0) is 11.2 Å². The number of fused-ring (bicyclic) bond motifs is 1. The minimum absolute atomic E-state index is 0.0578. The first kappa shape index (κ1) is 23.5. The van der Waals surface area contributed by atoms with Crippen molar-refractivity contribution in [2.75, 3.05) is 20.2 Å². The zero-order valence-corrected chi connectivity index (χ0v) is 20.3. The Morgan fingerprint density at radius 1 is 1.22 bits per heavy atom. The van der Waals surface area contributed by atoms with Crippen molar-refractivity contribution in [1.29, 1.82) is 0 Å². The number of carbonyl (C=O) groups is 1. The van der Waals surface area contributed by atoms with Crippen LogP contribution in [0.4, 0.5) is 4.39 Å². The molecule has 0 spiro atoms. The Balaban J connectivity index is 1.50. The third-order valence-corrected chi connectivity index (χ3v) is 6.54. The Labute approximate surface area is 208 Å². The second kappa shape index (κ2) is 9.81. The number of methoxy groups -OCH3 is 1. The molecule has 2 aromatic heterocycles. The SMILES string of the molecule is C=CC(=O)N1CC[C@@H](c2nc(-c3ccc(Oc4cccc(OC)c4F)cc3)c3c(CC)nccn23)C1. The molecule has 0 aliphatic carbocycles. The summed E-state index contributed by atoms with van der Waals surface area (Å²) in [4.78, 5) is 23.6. The van der Waals surface area contributed by atoms with Gasteiger partial charge in [-0.2, -0.15) is 4.39 Å². The fourth-order valence-corrected chi connectivity index (χ4v) is 4.71. The molecule has 1 amide bonds. The van der Waals surface area contributed by atoms with Gasteiger partial charge >= 0.3 is 0 Å². The van der Waals surface area contributed by atoms with Crippen LogP contribution in [0.15, 0.2) is 67.5 Å². The molecular weight excluding hydrogens is 459 g/mol. The first-order chi connectivity index (χ1) is 17.5. The quantitative estimate of drug-likeness (QED) is 0.327. The van der Waals surface area contributed by atoms with E-state index in [-0.39, 0.29) is 23.3 Å². The number of likely N-dealkylation sites (tertiary alicyclic amines) is 1. The minimum atomic E-state index is -0.548. The number of imidazole rings is 1. The Kier molecular flexibility index (Phi) is 6.41. The third kappa shape index (κ3) is 4.19. The molecule has 0 N–H and O–H groups in total. The average Bonchev–Trinajstić information content (AvgIpc) is 3.55. The molecule has 0 saturated carbocycles. The second-order valence-corrected chi connectivity index (χ2v) is 8.64. The molecule has 36 heavy (non-hydrogen) atoms. The summed E-state index contributed by atoms with van der Waals surface area (Å²) in [6.45, 7) is 6.96. The molecule has 1 aliphatic rings. The summed E-state index contributed by atoms with van der Waals surface area (Å²) in [6.07, 6.45) is 6.67. The van der Waals surface area contributed by atoms with Gasteiger partial charge in [0.1, 0.15) is 11.6 Å². The molecule has 4 aromatic rings. The molecule has 7 nitrogen and oxygen atoms in total. The van der Waals surface area contributed by atoms with Crippen molar-refractivity contribution in [2.45, 2.75) is 25.7 Å². The van der Waals surface area contributed by atoms with Gasteiger partial charge in [-0.3, -0.25) is 14.2 Å². The van der Waals surface area contributed by atoms with E-state index in [1.165, 1.54) is 13.2 Å². The second-order valence-electron chi connectivity index (χ2n) is 8.64. The number of hydrogen-bond donors (Lipinski definition) is 0. The van der Waals surface area contributed by atoms with Gasteiger partial charge in [0.25, 0.3) is 0 Å². The van der Waals surface area contributed by atoms with E-state index in [2.05, 4.69) is 22.9 Å². The molecule has 0 radical (unpaired) electrons. The monoisotopic (exact) mass is 486 g/mol. The maximum absolute atomic E-state index is 14.5. The number of amides is 1. The van der Waals surface area contributed by atoms with Crippen LogP contribution in [0, 0.1) is 5.82 Å². The first-order valence-electron chi connectivity index (χ1n) is 11.9. The molecule has 1 aliphatic heterocycles. The van der Waals surface area contributed by atoms with Crippen LogP contribution in [0.25, 0.3) is 16.8 Å². The maximum Gasteiger partial charge on any atom is 0.245 e. The minimum Gasteiger partial charge on any atom is -0.494 e. The number of carbonyl (C=O) groups excluding carboxylic acids is 1. The summed E-state index contributed by atoms with van der Waals surface area (Å²) in [5.41, 5.74) is 3.62. The molecule has 184 valence electrons. The van der Waals surface area contributed by atoms with Crippen LogP contribution in [0.2, 0.25) is 0 Å². The number of halogens is 1. The molecule has 2 aromatic carbocycles. The van der Waals surface area contributed by atoms with E-state index < -0.39 is 5.82 Å². The lowest BCUT2D eigenvalue weighted by Crippen LogP contribution is -2.26. The van der Waals surface area contributed by atoms with Gasteiger partial charge < -0.3 is 14.4 Å². The lowest BCUT2D eigenvalue weighted by atomic mass is 10.1. The molecule has 1 atom stereocenters. The lowest BCUT2D eigenvalue weighted by Gasteiger charge is -2.13. The normalized spacial score (nSPS) is 15.3. The summed E-state index contributed by atoms with van der Waals surface area (Å²) in [5.74, 6) is 1.13. The number of benzene rings is 2. The topological polar surface area (TPSA) is 69.0 Å². The molecule has 0 bridgehead atoms. The molecule has 1 fully saturated rings. The van der Waals surface area contributed by atoms with E-state index >= 15 is 0 Å². The van der Waals surface area contributed by atoms with E-state index in [9.17, 15) is 9.18 Å². The lowest BCUT2D eigenvalue weighted by molar-refractivity contribution is -0.125. The van der Waals surface area contributed by atoms with Crippen molar-refractivity contribution in [3.05, 3.63) is 84.8 Å². The van der Waals surface area contributed by atoms with Crippen molar-refractivity contribution in [2.24, 2.45) is 0 Å². The molecule has 3 heterocycles. The number of rotatable bonds is 7.